The smallest absolute Gasteiger partial charge is 0.217 e. The Morgan fingerprint density at radius 3 is 2.00 bits per heavy atom. The molecule has 0 bridgehead atoms. The van der Waals surface area contributed by atoms with Crippen molar-refractivity contribution >= 4 is 36.0 Å². The van der Waals surface area contributed by atoms with Crippen LogP contribution in [0.5, 0.6) is 0 Å². The maximum absolute atomic E-state index is 6.16. The van der Waals surface area contributed by atoms with E-state index in [1.54, 1.807) is 0 Å². The van der Waals surface area contributed by atoms with Crippen molar-refractivity contribution in [3.05, 3.63) is 95.0 Å². The van der Waals surface area contributed by atoms with Gasteiger partial charge < -0.3 is 4.74 Å². The van der Waals surface area contributed by atoms with Crippen LogP contribution in [-0.4, -0.2) is 17.6 Å². The largest absolute Gasteiger partial charge is 0.473 e. The number of aliphatic imine (C=N–C) groups is 1. The normalized spacial score (nSPS) is 22.1. The number of hydrogen-bond donors (Lipinski definition) is 0. The Balaban J connectivity index is 0.000000479. The quantitative estimate of drug-likeness (QED) is 0.222. The van der Waals surface area contributed by atoms with E-state index in [4.69, 9.17) is 21.3 Å². The number of rotatable bonds is 5. The zero-order valence-corrected chi connectivity index (χ0v) is 24.4. The van der Waals surface area contributed by atoms with Gasteiger partial charge in [0.15, 0.2) is 0 Å². The molecule has 2 saturated carbocycles. The first kappa shape index (κ1) is 28.4. The molecule has 0 saturated heterocycles. The van der Waals surface area contributed by atoms with E-state index in [9.17, 15) is 0 Å². The molecule has 0 N–H and O–H groups in total. The van der Waals surface area contributed by atoms with Crippen LogP contribution < -0.4 is 10.6 Å². The predicted octanol–water partition coefficient (Wildman–Crippen LogP) is 8.25. The molecule has 2 aliphatic carbocycles. The minimum atomic E-state index is -0.426. The maximum Gasteiger partial charge on any atom is 0.217 e. The topological polar surface area (TPSA) is 21.6 Å². The van der Waals surface area contributed by atoms with Crippen LogP contribution in [0, 0.1) is 5.92 Å². The molecule has 6 rings (SSSR count). The fraction of sp³-hybridized carbons (Fsp3) is 0.406. The number of fused-ring (bicyclic) bond motifs is 1. The minimum absolute atomic E-state index is 0. The molecule has 196 valence electrons. The van der Waals surface area contributed by atoms with E-state index in [0.717, 1.165) is 22.0 Å². The van der Waals surface area contributed by atoms with E-state index in [1.165, 1.54) is 62.0 Å². The molecule has 0 radical (unpaired) electrons. The van der Waals surface area contributed by atoms with E-state index in [-0.39, 0.29) is 23.1 Å². The SMILES string of the molecule is C1CCCC1.C[C@@H](N=C1OCc2cc(Cl)ccc21)C1CCCC1P(c1ccccc1)c1ccccc1.[Fe]. The molecule has 1 aliphatic heterocycles. The van der Waals surface area contributed by atoms with E-state index in [0.29, 0.717) is 18.2 Å². The summed E-state index contributed by atoms with van der Waals surface area (Å²) in [7, 11) is -0.426. The summed E-state index contributed by atoms with van der Waals surface area (Å²) >= 11 is 6.16. The van der Waals surface area contributed by atoms with Crippen LogP contribution in [0.15, 0.2) is 83.9 Å². The van der Waals surface area contributed by atoms with E-state index < -0.39 is 7.92 Å². The van der Waals surface area contributed by atoms with Crippen LogP contribution in [0.2, 0.25) is 5.02 Å². The number of halogens is 1. The standard InChI is InChI=1S/C27H27ClNOP.C5H10.Fe/c1-19(29-27-25-16-15-21(28)17-20(25)18-30-27)24-13-8-14-26(24)31(22-9-4-2-5-10-22)23-11-6-3-7-12-23;1-2-4-5-3-1;/h2-7,9-12,15-17,19,24,26H,8,13-14,18H2,1H3;1-5H2;/t19-,24?,26?;;/m1../s1. The van der Waals surface area contributed by atoms with Gasteiger partial charge in [0.1, 0.15) is 6.61 Å². The Morgan fingerprint density at radius 1 is 0.811 bits per heavy atom. The van der Waals surface area contributed by atoms with Gasteiger partial charge in [0.25, 0.3) is 0 Å². The van der Waals surface area contributed by atoms with Crippen molar-refractivity contribution in [1.82, 2.24) is 0 Å². The minimum Gasteiger partial charge on any atom is -0.473 e. The number of benzene rings is 3. The molecule has 0 aromatic heterocycles. The van der Waals surface area contributed by atoms with Crippen molar-refractivity contribution in [2.75, 3.05) is 0 Å². The molecule has 2 unspecified atom stereocenters. The zero-order chi connectivity index (χ0) is 24.7. The van der Waals surface area contributed by atoms with Gasteiger partial charge in [-0.25, -0.2) is 4.99 Å². The van der Waals surface area contributed by atoms with Crippen molar-refractivity contribution in [3.63, 3.8) is 0 Å². The summed E-state index contributed by atoms with van der Waals surface area (Å²) in [5.74, 6) is 1.34. The summed E-state index contributed by atoms with van der Waals surface area (Å²) in [4.78, 5) is 5.11. The Kier molecular flexibility index (Phi) is 10.7. The van der Waals surface area contributed by atoms with Gasteiger partial charge in [-0.05, 0) is 68.1 Å². The molecule has 3 atom stereocenters. The van der Waals surface area contributed by atoms with Gasteiger partial charge in [0.05, 0.1) is 6.04 Å². The fourth-order valence-electron chi connectivity index (χ4n) is 5.95. The Bertz CT molecular complexity index is 1100. The molecule has 1 heterocycles. The number of ether oxygens (including phenoxy) is 1. The second-order valence-electron chi connectivity index (χ2n) is 10.2. The molecule has 5 heteroatoms. The van der Waals surface area contributed by atoms with Crippen LogP contribution in [0.3, 0.4) is 0 Å². The van der Waals surface area contributed by atoms with Gasteiger partial charge in [-0.15, -0.1) is 0 Å². The van der Waals surface area contributed by atoms with Gasteiger partial charge in [-0.2, -0.15) is 0 Å². The van der Waals surface area contributed by atoms with E-state index in [1.807, 2.05) is 18.2 Å². The van der Waals surface area contributed by atoms with Crippen LogP contribution in [-0.2, 0) is 28.4 Å². The van der Waals surface area contributed by atoms with Gasteiger partial charge >= 0.3 is 0 Å². The van der Waals surface area contributed by atoms with Crippen molar-refractivity contribution in [2.45, 2.75) is 76.6 Å². The molecule has 2 fully saturated rings. The molecule has 2 nitrogen and oxygen atoms in total. The third-order valence-corrected chi connectivity index (χ3v) is 11.0. The summed E-state index contributed by atoms with van der Waals surface area (Å²) in [5, 5.41) is 3.69. The van der Waals surface area contributed by atoms with Crippen LogP contribution in [0.25, 0.3) is 0 Å². The van der Waals surface area contributed by atoms with E-state index >= 15 is 0 Å². The average molecular weight is 574 g/mol. The molecule has 3 aliphatic rings. The van der Waals surface area contributed by atoms with Crippen LogP contribution >= 0.6 is 19.5 Å². The molecule has 0 amide bonds. The first-order valence-electron chi connectivity index (χ1n) is 13.6. The Morgan fingerprint density at radius 2 is 1.41 bits per heavy atom. The van der Waals surface area contributed by atoms with Crippen molar-refractivity contribution in [1.29, 1.82) is 0 Å². The summed E-state index contributed by atoms with van der Waals surface area (Å²) in [6, 6.07) is 28.4. The molecule has 3 aromatic rings. The number of nitrogens with zero attached hydrogens (tertiary/aromatic N) is 1. The second kappa shape index (κ2) is 14.0. The van der Waals surface area contributed by atoms with Gasteiger partial charge in [0.2, 0.25) is 5.90 Å². The predicted molar refractivity (Wildman–Crippen MR) is 156 cm³/mol. The van der Waals surface area contributed by atoms with Crippen molar-refractivity contribution < 1.29 is 21.8 Å². The summed E-state index contributed by atoms with van der Waals surface area (Å²) in [6.07, 6.45) is 11.3. The number of hydrogen-bond acceptors (Lipinski definition) is 2. The van der Waals surface area contributed by atoms with Crippen molar-refractivity contribution in [2.24, 2.45) is 10.9 Å². The fourth-order valence-corrected chi connectivity index (χ4v) is 9.41. The monoisotopic (exact) mass is 573 g/mol. The van der Waals surface area contributed by atoms with E-state index in [2.05, 4.69) is 67.6 Å². The van der Waals surface area contributed by atoms with Gasteiger partial charge in [-0.1, -0.05) is 111 Å². The molecule has 37 heavy (non-hydrogen) atoms. The summed E-state index contributed by atoms with van der Waals surface area (Å²) in [6.45, 7) is 2.84. The summed E-state index contributed by atoms with van der Waals surface area (Å²) in [5.41, 5.74) is 2.86. The molecular formula is C32H37ClFeNOP. The zero-order valence-electron chi connectivity index (χ0n) is 21.6. The third kappa shape index (κ3) is 7.07. The average Bonchev–Trinajstić information content (AvgIpc) is 3.69. The molecular weight excluding hydrogens is 537 g/mol. The van der Waals surface area contributed by atoms with Crippen LogP contribution in [0.1, 0.15) is 69.4 Å². The molecule has 0 spiro atoms. The second-order valence-corrected chi connectivity index (χ2v) is 13.1. The first-order valence-corrected chi connectivity index (χ1v) is 15.4. The maximum atomic E-state index is 6.16. The summed E-state index contributed by atoms with van der Waals surface area (Å²) < 4.78 is 5.97. The third-order valence-electron chi connectivity index (χ3n) is 7.78. The Hall–Kier alpha value is -1.63. The van der Waals surface area contributed by atoms with Crippen molar-refractivity contribution in [3.8, 4) is 0 Å². The Labute approximate surface area is 239 Å². The molecule has 3 aromatic carbocycles. The van der Waals surface area contributed by atoms with Gasteiger partial charge in [0, 0.05) is 33.2 Å². The van der Waals surface area contributed by atoms with Gasteiger partial charge in [-0.3, -0.25) is 0 Å². The van der Waals surface area contributed by atoms with Crippen LogP contribution in [0.4, 0.5) is 0 Å². The first-order chi connectivity index (χ1) is 17.7.